The second kappa shape index (κ2) is 6.44. The number of aryl methyl sites for hydroxylation is 2. The van der Waals surface area contributed by atoms with Crippen LogP contribution in [-0.4, -0.2) is 0 Å². The monoisotopic (exact) mass is 374 g/mol. The van der Waals surface area contributed by atoms with E-state index in [0.29, 0.717) is 0 Å². The van der Waals surface area contributed by atoms with Crippen LogP contribution in [0.5, 0.6) is 0 Å². The van der Waals surface area contributed by atoms with E-state index in [0.717, 1.165) is 0 Å². The molecule has 1 aromatic heterocycles. The first-order valence-electron chi connectivity index (χ1n) is 6.84. The van der Waals surface area contributed by atoms with Crippen LogP contribution in [0.25, 0.3) is 0 Å². The molecule has 3 rings (SSSR count). The Morgan fingerprint density at radius 1 is 0.762 bits per heavy atom. The third-order valence-corrected chi connectivity index (χ3v) is 8.78. The quantitative estimate of drug-likeness (QED) is 0.572. The van der Waals surface area contributed by atoms with Crippen LogP contribution in [0.3, 0.4) is 0 Å². The van der Waals surface area contributed by atoms with Gasteiger partial charge in [-0.3, -0.25) is 0 Å². The van der Waals surface area contributed by atoms with Crippen LogP contribution in [0.15, 0.2) is 65.1 Å². The Bertz CT molecular complexity index is 695. The summed E-state index contributed by atoms with van der Waals surface area (Å²) in [5.74, 6) is 0. The van der Waals surface area contributed by atoms with Crippen molar-refractivity contribution in [2.75, 3.05) is 0 Å². The van der Waals surface area contributed by atoms with Gasteiger partial charge in [0.05, 0.1) is 0 Å². The van der Waals surface area contributed by atoms with Crippen molar-refractivity contribution in [3.05, 3.63) is 74.9 Å². The molecular formula is C18H16BrPS. The second-order valence-electron chi connectivity index (χ2n) is 4.88. The normalized spacial score (nSPS) is 11.0. The minimum Gasteiger partial charge on any atom is -0.144 e. The van der Waals surface area contributed by atoms with Gasteiger partial charge < -0.3 is 0 Å². The highest BCUT2D eigenvalue weighted by Crippen LogP contribution is 2.40. The van der Waals surface area contributed by atoms with Gasteiger partial charge in [-0.05, 0) is 48.3 Å². The molecule has 0 saturated heterocycles. The van der Waals surface area contributed by atoms with Crippen molar-refractivity contribution in [2.45, 2.75) is 13.8 Å². The average molecular weight is 375 g/mol. The Balaban J connectivity index is 2.22. The van der Waals surface area contributed by atoms with E-state index in [9.17, 15) is 0 Å². The Labute approximate surface area is 139 Å². The molecule has 0 aliphatic heterocycles. The Morgan fingerprint density at radius 3 is 1.62 bits per heavy atom. The molecule has 0 spiro atoms. The predicted molar refractivity (Wildman–Crippen MR) is 100 cm³/mol. The van der Waals surface area contributed by atoms with E-state index < -0.39 is 7.92 Å². The zero-order valence-electron chi connectivity index (χ0n) is 12.0. The van der Waals surface area contributed by atoms with Crippen LogP contribution in [0, 0.1) is 13.8 Å². The molecule has 21 heavy (non-hydrogen) atoms. The van der Waals surface area contributed by atoms with Crippen LogP contribution >= 0.6 is 35.2 Å². The van der Waals surface area contributed by atoms with E-state index in [1.54, 1.807) is 0 Å². The van der Waals surface area contributed by atoms with E-state index in [1.165, 1.54) is 30.1 Å². The molecule has 106 valence electrons. The van der Waals surface area contributed by atoms with Crippen molar-refractivity contribution >= 4 is 51.1 Å². The molecule has 0 unspecified atom stereocenters. The summed E-state index contributed by atoms with van der Waals surface area (Å²) in [5, 5.41) is 4.27. The molecule has 1 heterocycles. The van der Waals surface area contributed by atoms with Crippen molar-refractivity contribution < 1.29 is 0 Å². The van der Waals surface area contributed by atoms with Crippen molar-refractivity contribution in [1.29, 1.82) is 0 Å². The lowest BCUT2D eigenvalue weighted by atomic mass is 10.4. The largest absolute Gasteiger partial charge is 0.144 e. The molecule has 0 saturated carbocycles. The molecule has 0 aliphatic carbocycles. The topological polar surface area (TPSA) is 0 Å². The van der Waals surface area contributed by atoms with Crippen molar-refractivity contribution in [2.24, 2.45) is 0 Å². The van der Waals surface area contributed by atoms with Crippen LogP contribution in [0.2, 0.25) is 0 Å². The second-order valence-corrected chi connectivity index (χ2v) is 9.26. The molecule has 0 nitrogen and oxygen atoms in total. The van der Waals surface area contributed by atoms with Crippen molar-refractivity contribution in [1.82, 2.24) is 0 Å². The minimum atomic E-state index is -0.503. The fourth-order valence-electron chi connectivity index (χ4n) is 2.46. The summed E-state index contributed by atoms with van der Waals surface area (Å²) in [5.41, 5.74) is 0. The van der Waals surface area contributed by atoms with Gasteiger partial charge in [0, 0.05) is 19.5 Å². The van der Waals surface area contributed by atoms with Gasteiger partial charge in [0.25, 0.3) is 0 Å². The first-order chi connectivity index (χ1) is 10.2. The molecule has 0 N–H and O–H groups in total. The van der Waals surface area contributed by atoms with Gasteiger partial charge in [-0.2, -0.15) is 0 Å². The molecule has 0 fully saturated rings. The van der Waals surface area contributed by atoms with Gasteiger partial charge in [0.1, 0.15) is 0 Å². The maximum Gasteiger partial charge on any atom is 0.0397 e. The van der Waals surface area contributed by atoms with Crippen LogP contribution in [0.1, 0.15) is 9.75 Å². The van der Waals surface area contributed by atoms with Crippen LogP contribution in [-0.2, 0) is 0 Å². The van der Waals surface area contributed by atoms with Gasteiger partial charge in [-0.15, -0.1) is 11.3 Å². The third kappa shape index (κ3) is 2.99. The number of benzene rings is 2. The first kappa shape index (κ1) is 15.0. The molecule has 0 radical (unpaired) electrons. The maximum atomic E-state index is 3.82. The summed E-state index contributed by atoms with van der Waals surface area (Å²) >= 11 is 5.71. The van der Waals surface area contributed by atoms with E-state index in [1.807, 2.05) is 11.3 Å². The van der Waals surface area contributed by atoms with Crippen LogP contribution < -0.4 is 15.9 Å². The van der Waals surface area contributed by atoms with Gasteiger partial charge >= 0.3 is 0 Å². The number of hydrogen-bond acceptors (Lipinski definition) is 1. The summed E-state index contributed by atoms with van der Waals surface area (Å²) in [7, 11) is -0.503. The lowest BCUT2D eigenvalue weighted by molar-refractivity contribution is 1.60. The molecule has 0 bridgehead atoms. The highest BCUT2D eigenvalue weighted by Gasteiger charge is 2.23. The maximum absolute atomic E-state index is 3.82. The summed E-state index contributed by atoms with van der Waals surface area (Å²) in [4.78, 5) is 2.78. The van der Waals surface area contributed by atoms with Gasteiger partial charge in [0.2, 0.25) is 0 Å². The summed E-state index contributed by atoms with van der Waals surface area (Å²) < 4.78 is 1.28. The minimum absolute atomic E-state index is 0.503. The van der Waals surface area contributed by atoms with E-state index in [4.69, 9.17) is 0 Å². The number of hydrogen-bond donors (Lipinski definition) is 0. The first-order valence-corrected chi connectivity index (χ1v) is 9.79. The van der Waals surface area contributed by atoms with Gasteiger partial charge in [-0.25, -0.2) is 0 Å². The van der Waals surface area contributed by atoms with Crippen molar-refractivity contribution in [3.63, 3.8) is 0 Å². The Morgan fingerprint density at radius 2 is 1.24 bits per heavy atom. The molecular weight excluding hydrogens is 359 g/mol. The molecule has 3 aromatic rings. The number of rotatable bonds is 3. The summed E-state index contributed by atoms with van der Waals surface area (Å²) in [6.45, 7) is 4.42. The number of halogens is 1. The fraction of sp³-hybridized carbons (Fsp3) is 0.111. The molecule has 3 heteroatoms. The SMILES string of the molecule is Cc1sc(C)c(P(c2ccccc2)c2ccccc2)c1Br. The Hall–Kier alpha value is -0.950. The van der Waals surface area contributed by atoms with Crippen molar-refractivity contribution in [3.8, 4) is 0 Å². The lowest BCUT2D eigenvalue weighted by Crippen LogP contribution is -2.21. The fourth-order valence-corrected chi connectivity index (χ4v) is 7.43. The predicted octanol–water partition coefficient (Wildman–Crippen LogP) is 4.89. The smallest absolute Gasteiger partial charge is 0.0397 e. The summed E-state index contributed by atoms with van der Waals surface area (Å²) in [6, 6.07) is 21.7. The van der Waals surface area contributed by atoms with Gasteiger partial charge in [-0.1, -0.05) is 60.7 Å². The highest BCUT2D eigenvalue weighted by atomic mass is 79.9. The zero-order valence-corrected chi connectivity index (χ0v) is 15.3. The number of thiophene rings is 1. The Kier molecular flexibility index (Phi) is 4.59. The zero-order chi connectivity index (χ0) is 14.8. The molecule has 2 aromatic carbocycles. The van der Waals surface area contributed by atoms with E-state index in [-0.39, 0.29) is 0 Å². The van der Waals surface area contributed by atoms with E-state index in [2.05, 4.69) is 90.4 Å². The molecule has 0 atom stereocenters. The molecule has 0 amide bonds. The summed E-state index contributed by atoms with van der Waals surface area (Å²) in [6.07, 6.45) is 0. The van der Waals surface area contributed by atoms with Gasteiger partial charge in [0.15, 0.2) is 0 Å². The lowest BCUT2D eigenvalue weighted by Gasteiger charge is -2.19. The third-order valence-electron chi connectivity index (χ3n) is 3.41. The highest BCUT2D eigenvalue weighted by molar-refractivity contribution is 9.10. The molecule has 0 aliphatic rings. The van der Waals surface area contributed by atoms with Crippen LogP contribution in [0.4, 0.5) is 0 Å². The standard InChI is InChI=1S/C18H16BrPS/c1-13-17(19)18(14(2)21-13)20(15-9-5-3-6-10-15)16-11-7-4-8-12-16/h3-12H,1-2H3. The van der Waals surface area contributed by atoms with E-state index >= 15 is 0 Å². The average Bonchev–Trinajstić information content (AvgIpc) is 2.76.